The van der Waals surface area contributed by atoms with Crippen LogP contribution in [0.4, 0.5) is 5.69 Å². The molecule has 5 heteroatoms. The van der Waals surface area contributed by atoms with Gasteiger partial charge in [-0.2, -0.15) is 0 Å². The summed E-state index contributed by atoms with van der Waals surface area (Å²) in [6.07, 6.45) is 0.0928. The number of anilines is 1. The second-order valence-corrected chi connectivity index (χ2v) is 5.71. The van der Waals surface area contributed by atoms with Gasteiger partial charge in [-0.15, -0.1) is 0 Å². The number of ether oxygens (including phenoxy) is 2. The third-order valence-electron chi connectivity index (χ3n) is 3.90. The van der Waals surface area contributed by atoms with E-state index < -0.39 is 5.91 Å². The van der Waals surface area contributed by atoms with E-state index in [2.05, 4.69) is 4.90 Å². The minimum absolute atomic E-state index is 0.0928. The summed E-state index contributed by atoms with van der Waals surface area (Å²) in [7, 11) is 1.65. The number of rotatable bonds is 4. The molecule has 1 aliphatic heterocycles. The summed E-state index contributed by atoms with van der Waals surface area (Å²) in [5.74, 6) is 1.22. The Balaban J connectivity index is 1.91. The van der Waals surface area contributed by atoms with Crippen LogP contribution in [0.15, 0.2) is 42.5 Å². The zero-order valence-electron chi connectivity index (χ0n) is 13.3. The molecular formula is C18H20N2O3. The molecule has 120 valence electrons. The Bertz CT molecular complexity index is 730. The molecule has 1 atom stereocenters. The highest BCUT2D eigenvalue weighted by molar-refractivity contribution is 5.92. The molecule has 1 heterocycles. The molecule has 0 saturated carbocycles. The van der Waals surface area contributed by atoms with Crippen molar-refractivity contribution in [1.82, 2.24) is 0 Å². The fraction of sp³-hybridized carbons (Fsp3) is 0.278. The van der Waals surface area contributed by atoms with Crippen LogP contribution in [0.2, 0.25) is 0 Å². The van der Waals surface area contributed by atoms with E-state index in [1.807, 2.05) is 43.3 Å². The van der Waals surface area contributed by atoms with E-state index in [0.717, 1.165) is 29.3 Å². The topological polar surface area (TPSA) is 64.8 Å². The van der Waals surface area contributed by atoms with Crippen molar-refractivity contribution in [3.8, 4) is 11.5 Å². The largest absolute Gasteiger partial charge is 0.497 e. The minimum atomic E-state index is -0.413. The Morgan fingerprint density at radius 2 is 2.17 bits per heavy atom. The molecule has 23 heavy (non-hydrogen) atoms. The van der Waals surface area contributed by atoms with Crippen LogP contribution < -0.4 is 20.1 Å². The first-order chi connectivity index (χ1) is 11.1. The maximum absolute atomic E-state index is 11.4. The molecule has 0 radical (unpaired) electrons. The number of hydrogen-bond donors (Lipinski definition) is 1. The number of carbonyl (C=O) groups excluding carboxylic acids is 1. The quantitative estimate of drug-likeness (QED) is 0.942. The molecule has 3 rings (SSSR count). The number of hydrogen-bond acceptors (Lipinski definition) is 4. The molecule has 0 aliphatic carbocycles. The lowest BCUT2D eigenvalue weighted by molar-refractivity contribution is 0.1000. The van der Waals surface area contributed by atoms with Crippen molar-refractivity contribution in [3.05, 3.63) is 53.6 Å². The first kappa shape index (κ1) is 15.2. The predicted octanol–water partition coefficient (Wildman–Crippen LogP) is 2.58. The zero-order chi connectivity index (χ0) is 16.4. The lowest BCUT2D eigenvalue weighted by Gasteiger charge is -2.35. The smallest absolute Gasteiger partial charge is 0.248 e. The van der Waals surface area contributed by atoms with Crippen molar-refractivity contribution in [1.29, 1.82) is 0 Å². The third kappa shape index (κ3) is 3.23. The van der Waals surface area contributed by atoms with Crippen LogP contribution in [0.1, 0.15) is 22.8 Å². The van der Waals surface area contributed by atoms with Crippen molar-refractivity contribution in [2.45, 2.75) is 19.6 Å². The molecule has 5 nitrogen and oxygen atoms in total. The number of nitrogens with zero attached hydrogens (tertiary/aromatic N) is 1. The molecule has 1 amide bonds. The van der Waals surface area contributed by atoms with Gasteiger partial charge in [-0.1, -0.05) is 12.1 Å². The molecule has 0 aromatic heterocycles. The average Bonchev–Trinajstić information content (AvgIpc) is 2.54. The van der Waals surface area contributed by atoms with E-state index in [1.54, 1.807) is 13.2 Å². The number of amides is 1. The van der Waals surface area contributed by atoms with Crippen LogP contribution in [-0.4, -0.2) is 25.7 Å². The van der Waals surface area contributed by atoms with Gasteiger partial charge in [0.05, 0.1) is 19.3 Å². The van der Waals surface area contributed by atoms with E-state index in [9.17, 15) is 4.79 Å². The number of nitrogens with two attached hydrogens (primary N) is 1. The van der Waals surface area contributed by atoms with Crippen molar-refractivity contribution in [2.24, 2.45) is 5.73 Å². The Morgan fingerprint density at radius 3 is 2.91 bits per heavy atom. The van der Waals surface area contributed by atoms with Gasteiger partial charge in [0.25, 0.3) is 0 Å². The number of carbonyl (C=O) groups is 1. The molecule has 1 aliphatic rings. The van der Waals surface area contributed by atoms with Gasteiger partial charge in [0.15, 0.2) is 0 Å². The van der Waals surface area contributed by atoms with Crippen LogP contribution in [-0.2, 0) is 6.54 Å². The van der Waals surface area contributed by atoms with Crippen LogP contribution in [0.25, 0.3) is 0 Å². The van der Waals surface area contributed by atoms with Crippen molar-refractivity contribution in [3.63, 3.8) is 0 Å². The zero-order valence-corrected chi connectivity index (χ0v) is 13.3. The highest BCUT2D eigenvalue weighted by Gasteiger charge is 2.23. The molecule has 0 saturated heterocycles. The van der Waals surface area contributed by atoms with E-state index in [4.69, 9.17) is 15.2 Å². The Morgan fingerprint density at radius 1 is 1.35 bits per heavy atom. The van der Waals surface area contributed by atoms with Gasteiger partial charge in [0, 0.05) is 18.2 Å². The molecule has 2 aromatic carbocycles. The first-order valence-corrected chi connectivity index (χ1v) is 7.55. The van der Waals surface area contributed by atoms with Crippen molar-refractivity contribution in [2.75, 3.05) is 18.6 Å². The molecule has 0 bridgehead atoms. The van der Waals surface area contributed by atoms with Gasteiger partial charge < -0.3 is 20.1 Å². The Hall–Kier alpha value is -2.69. The van der Waals surface area contributed by atoms with Gasteiger partial charge in [-0.05, 0) is 36.8 Å². The molecule has 2 aromatic rings. The standard InChI is InChI=1S/C18H20N2O3/c1-12-10-20(11-13-4-3-5-14(8-13)18(19)21)16-9-15(22-2)6-7-17(16)23-12/h3-9,12H,10-11H2,1-2H3,(H2,19,21)/t12-/m0/s1. The summed E-state index contributed by atoms with van der Waals surface area (Å²) < 4.78 is 11.2. The van der Waals surface area contributed by atoms with Gasteiger partial charge in [0.1, 0.15) is 17.6 Å². The summed E-state index contributed by atoms with van der Waals surface area (Å²) in [5.41, 5.74) is 7.91. The summed E-state index contributed by atoms with van der Waals surface area (Å²) in [6.45, 7) is 3.48. The Kier molecular flexibility index (Phi) is 4.10. The molecule has 0 fully saturated rings. The van der Waals surface area contributed by atoms with E-state index in [1.165, 1.54) is 0 Å². The van der Waals surface area contributed by atoms with Gasteiger partial charge in [-0.25, -0.2) is 0 Å². The maximum atomic E-state index is 11.4. The van der Waals surface area contributed by atoms with E-state index >= 15 is 0 Å². The van der Waals surface area contributed by atoms with Gasteiger partial charge in [-0.3, -0.25) is 4.79 Å². The number of benzene rings is 2. The number of primary amides is 1. The molecular weight excluding hydrogens is 292 g/mol. The fourth-order valence-electron chi connectivity index (χ4n) is 2.83. The van der Waals surface area contributed by atoms with Crippen LogP contribution in [0.5, 0.6) is 11.5 Å². The van der Waals surface area contributed by atoms with Crippen LogP contribution in [0, 0.1) is 0 Å². The summed E-state index contributed by atoms with van der Waals surface area (Å²) in [5, 5.41) is 0. The molecule has 0 unspecified atom stereocenters. The minimum Gasteiger partial charge on any atom is -0.497 e. The van der Waals surface area contributed by atoms with Gasteiger partial charge >= 0.3 is 0 Å². The third-order valence-corrected chi connectivity index (χ3v) is 3.90. The fourth-order valence-corrected chi connectivity index (χ4v) is 2.83. The second kappa shape index (κ2) is 6.20. The van der Waals surface area contributed by atoms with Crippen LogP contribution in [0.3, 0.4) is 0 Å². The van der Waals surface area contributed by atoms with Gasteiger partial charge in [0.2, 0.25) is 5.91 Å². The predicted molar refractivity (Wildman–Crippen MR) is 89.1 cm³/mol. The Labute approximate surface area is 135 Å². The van der Waals surface area contributed by atoms with E-state index in [0.29, 0.717) is 12.1 Å². The SMILES string of the molecule is COc1ccc2c(c1)N(Cc1cccc(C(N)=O)c1)C[C@H](C)O2. The lowest BCUT2D eigenvalue weighted by atomic mass is 10.1. The monoisotopic (exact) mass is 312 g/mol. The summed E-state index contributed by atoms with van der Waals surface area (Å²) in [4.78, 5) is 13.6. The normalized spacial score (nSPS) is 16.4. The van der Waals surface area contributed by atoms with E-state index in [-0.39, 0.29) is 6.10 Å². The lowest BCUT2D eigenvalue weighted by Crippen LogP contribution is -2.38. The highest BCUT2D eigenvalue weighted by atomic mass is 16.5. The number of methoxy groups -OCH3 is 1. The number of fused-ring (bicyclic) bond motifs is 1. The van der Waals surface area contributed by atoms with Crippen molar-refractivity contribution >= 4 is 11.6 Å². The summed E-state index contributed by atoms with van der Waals surface area (Å²) >= 11 is 0. The van der Waals surface area contributed by atoms with Crippen LogP contribution >= 0.6 is 0 Å². The summed E-state index contributed by atoms with van der Waals surface area (Å²) in [6, 6.07) is 13.2. The molecule has 0 spiro atoms. The first-order valence-electron chi connectivity index (χ1n) is 7.55. The average molecular weight is 312 g/mol. The molecule has 2 N–H and O–H groups in total. The second-order valence-electron chi connectivity index (χ2n) is 5.71. The highest BCUT2D eigenvalue weighted by Crippen LogP contribution is 2.37. The van der Waals surface area contributed by atoms with Crippen molar-refractivity contribution < 1.29 is 14.3 Å². The maximum Gasteiger partial charge on any atom is 0.248 e.